The number of alkyl halides is 5. The smallest absolute Gasteiger partial charge is 0.378 e. The van der Waals surface area contributed by atoms with Crippen LogP contribution in [0, 0.1) is 0 Å². The van der Waals surface area contributed by atoms with E-state index in [1.54, 1.807) is 0 Å². The SMILES string of the molecule is CC=C=C(CC(C)(C)OC)S(=O)(=O)C(F)(F)c1nn(C)cc1C(F)(F)F. The van der Waals surface area contributed by atoms with Crippen LogP contribution >= 0.6 is 0 Å². The summed E-state index contributed by atoms with van der Waals surface area (Å²) in [5.41, 5.74) is -2.68. The number of nitrogens with zero attached hydrogens (tertiary/aromatic N) is 2. The minimum Gasteiger partial charge on any atom is -0.378 e. The summed E-state index contributed by atoms with van der Waals surface area (Å²) < 4.78 is 99.0. The normalized spacial score (nSPS) is 13.5. The summed E-state index contributed by atoms with van der Waals surface area (Å²) in [6.45, 7) is 4.23. The number of aromatic nitrogens is 2. The highest BCUT2D eigenvalue weighted by molar-refractivity contribution is 7.95. The van der Waals surface area contributed by atoms with Crippen LogP contribution in [0.5, 0.6) is 0 Å². The molecule has 0 fully saturated rings. The molecule has 1 aromatic heterocycles. The van der Waals surface area contributed by atoms with Gasteiger partial charge in [0.15, 0.2) is 5.69 Å². The molecule has 26 heavy (non-hydrogen) atoms. The molecule has 0 saturated heterocycles. The van der Waals surface area contributed by atoms with Crippen LogP contribution in [0.25, 0.3) is 0 Å². The molecule has 0 spiro atoms. The number of hydrogen-bond donors (Lipinski definition) is 0. The molecule has 0 unspecified atom stereocenters. The summed E-state index contributed by atoms with van der Waals surface area (Å²) in [5.74, 6) is 0. The molecule has 148 valence electrons. The Morgan fingerprint density at radius 3 is 2.27 bits per heavy atom. The maximum atomic E-state index is 14.7. The van der Waals surface area contributed by atoms with Gasteiger partial charge in [0.05, 0.1) is 10.5 Å². The lowest BCUT2D eigenvalue weighted by Crippen LogP contribution is -2.33. The van der Waals surface area contributed by atoms with Crippen molar-refractivity contribution in [1.29, 1.82) is 0 Å². The zero-order valence-corrected chi connectivity index (χ0v) is 15.6. The predicted octanol–water partition coefficient (Wildman–Crippen LogP) is 3.78. The van der Waals surface area contributed by atoms with Gasteiger partial charge in [0, 0.05) is 26.8 Å². The van der Waals surface area contributed by atoms with Gasteiger partial charge in [-0.1, -0.05) is 0 Å². The van der Waals surface area contributed by atoms with Gasteiger partial charge < -0.3 is 4.74 Å². The molecule has 0 aliphatic rings. The van der Waals surface area contributed by atoms with Crippen molar-refractivity contribution in [1.82, 2.24) is 9.78 Å². The van der Waals surface area contributed by atoms with E-state index in [0.717, 1.165) is 13.1 Å². The van der Waals surface area contributed by atoms with E-state index < -0.39 is 49.5 Å². The third-order valence-corrected chi connectivity index (χ3v) is 5.30. The highest BCUT2D eigenvalue weighted by atomic mass is 32.2. The highest BCUT2D eigenvalue weighted by Crippen LogP contribution is 2.44. The average Bonchev–Trinajstić information content (AvgIpc) is 2.89. The van der Waals surface area contributed by atoms with Crippen LogP contribution in [0.2, 0.25) is 0 Å². The van der Waals surface area contributed by atoms with Crippen LogP contribution in [0.1, 0.15) is 38.4 Å². The average molecular weight is 402 g/mol. The van der Waals surface area contributed by atoms with Crippen LogP contribution < -0.4 is 0 Å². The quantitative estimate of drug-likeness (QED) is 0.537. The van der Waals surface area contributed by atoms with E-state index in [1.165, 1.54) is 27.9 Å². The van der Waals surface area contributed by atoms with E-state index in [2.05, 4.69) is 10.8 Å². The Morgan fingerprint density at radius 2 is 1.85 bits per heavy atom. The van der Waals surface area contributed by atoms with Crippen LogP contribution in [0.3, 0.4) is 0 Å². The second-order valence-electron chi connectivity index (χ2n) is 6.08. The lowest BCUT2D eigenvalue weighted by molar-refractivity contribution is -0.140. The Balaban J connectivity index is 3.62. The third-order valence-electron chi connectivity index (χ3n) is 3.52. The highest BCUT2D eigenvalue weighted by Gasteiger charge is 2.56. The molecule has 1 heterocycles. The predicted molar refractivity (Wildman–Crippen MR) is 84.0 cm³/mol. The molecular weight excluding hydrogens is 383 g/mol. The first-order valence-corrected chi connectivity index (χ1v) is 8.77. The number of ether oxygens (including phenoxy) is 1. The van der Waals surface area contributed by atoms with Crippen molar-refractivity contribution in [3.63, 3.8) is 0 Å². The number of hydrogen-bond acceptors (Lipinski definition) is 4. The van der Waals surface area contributed by atoms with Gasteiger partial charge >= 0.3 is 11.4 Å². The fourth-order valence-electron chi connectivity index (χ4n) is 2.04. The maximum Gasteiger partial charge on any atom is 0.419 e. The molecule has 0 bridgehead atoms. The summed E-state index contributed by atoms with van der Waals surface area (Å²) in [5, 5.41) is -1.85. The number of sulfone groups is 1. The van der Waals surface area contributed by atoms with Crippen molar-refractivity contribution >= 4 is 9.84 Å². The summed E-state index contributed by atoms with van der Waals surface area (Å²) >= 11 is 0. The minimum atomic E-state index is -5.54. The van der Waals surface area contributed by atoms with Gasteiger partial charge in [-0.3, -0.25) is 4.68 Å². The first kappa shape index (κ1) is 22.3. The maximum absolute atomic E-state index is 14.7. The first-order valence-electron chi connectivity index (χ1n) is 7.29. The second kappa shape index (κ2) is 7.13. The van der Waals surface area contributed by atoms with Crippen LogP contribution in [0.15, 0.2) is 22.9 Å². The lowest BCUT2D eigenvalue weighted by atomic mass is 10.1. The van der Waals surface area contributed by atoms with Gasteiger partial charge in [-0.2, -0.15) is 27.1 Å². The molecule has 0 aliphatic heterocycles. The Bertz CT molecular complexity index is 832. The summed E-state index contributed by atoms with van der Waals surface area (Å²) in [7, 11) is -3.31. The Hall–Kier alpha value is -1.71. The molecule has 1 rings (SSSR count). The van der Waals surface area contributed by atoms with Crippen molar-refractivity contribution < 1.29 is 35.1 Å². The molecule has 0 saturated carbocycles. The Labute approximate surface area is 148 Å². The van der Waals surface area contributed by atoms with Crippen molar-refractivity contribution in [3.8, 4) is 0 Å². The number of halogens is 5. The third kappa shape index (κ3) is 4.33. The summed E-state index contributed by atoms with van der Waals surface area (Å²) in [4.78, 5) is -0.879. The fourth-order valence-corrected chi connectivity index (χ4v) is 3.56. The molecular formula is C15H19F5N2O3S. The van der Waals surface area contributed by atoms with E-state index >= 15 is 0 Å². The van der Waals surface area contributed by atoms with E-state index in [0.29, 0.717) is 10.9 Å². The summed E-state index contributed by atoms with van der Waals surface area (Å²) in [6.07, 6.45) is -4.33. The number of rotatable bonds is 6. The molecule has 0 aromatic carbocycles. The van der Waals surface area contributed by atoms with Crippen LogP contribution in [-0.4, -0.2) is 30.9 Å². The first-order chi connectivity index (χ1) is 11.6. The molecule has 0 N–H and O–H groups in total. The van der Waals surface area contributed by atoms with E-state index in [-0.39, 0.29) is 0 Å². The van der Waals surface area contributed by atoms with Gasteiger partial charge in [0.25, 0.3) is 9.84 Å². The zero-order valence-electron chi connectivity index (χ0n) is 14.8. The van der Waals surface area contributed by atoms with Crippen molar-refractivity contribution in [2.24, 2.45) is 7.05 Å². The molecule has 0 radical (unpaired) electrons. The number of aryl methyl sites for hydroxylation is 1. The Kier molecular flexibility index (Phi) is 6.12. The fraction of sp³-hybridized carbons (Fsp3) is 0.600. The molecule has 1 aromatic rings. The van der Waals surface area contributed by atoms with Gasteiger partial charge in [-0.15, -0.1) is 5.73 Å². The van der Waals surface area contributed by atoms with Gasteiger partial charge in [0.1, 0.15) is 5.56 Å². The summed E-state index contributed by atoms with van der Waals surface area (Å²) in [6, 6.07) is 0. The molecule has 5 nitrogen and oxygen atoms in total. The second-order valence-corrected chi connectivity index (χ2v) is 8.09. The van der Waals surface area contributed by atoms with E-state index in [9.17, 15) is 30.4 Å². The van der Waals surface area contributed by atoms with Crippen LogP contribution in [0.4, 0.5) is 22.0 Å². The Morgan fingerprint density at radius 1 is 1.31 bits per heavy atom. The number of methoxy groups -OCH3 is 1. The van der Waals surface area contributed by atoms with Gasteiger partial charge in [0.2, 0.25) is 0 Å². The van der Waals surface area contributed by atoms with E-state index in [1.807, 2.05) is 0 Å². The topological polar surface area (TPSA) is 61.2 Å². The molecule has 0 amide bonds. The zero-order chi connectivity index (χ0) is 20.6. The molecule has 0 atom stereocenters. The van der Waals surface area contributed by atoms with Crippen molar-refractivity contribution in [2.75, 3.05) is 7.11 Å². The van der Waals surface area contributed by atoms with Crippen LogP contribution in [-0.2, 0) is 33.1 Å². The van der Waals surface area contributed by atoms with Gasteiger partial charge in [-0.05, 0) is 26.8 Å². The van der Waals surface area contributed by atoms with Crippen molar-refractivity contribution in [2.45, 2.75) is 44.2 Å². The monoisotopic (exact) mass is 402 g/mol. The minimum absolute atomic E-state index is 0.302. The largest absolute Gasteiger partial charge is 0.419 e. The molecule has 0 aliphatic carbocycles. The van der Waals surface area contributed by atoms with E-state index in [4.69, 9.17) is 4.74 Å². The standard InChI is InChI=1S/C15H19F5N2O3S/c1-6-7-10(8-13(2,3)25-5)26(23,24)15(19,20)12-11(14(16,17)18)9-22(4)21-12/h6,9H,8H2,1-5H3. The van der Waals surface area contributed by atoms with Crippen molar-refractivity contribution in [3.05, 3.63) is 34.2 Å². The lowest BCUT2D eigenvalue weighted by Gasteiger charge is -2.25. The van der Waals surface area contributed by atoms with Gasteiger partial charge in [-0.25, -0.2) is 8.42 Å². The molecule has 11 heteroatoms.